The molecule has 8 aromatic rings. The second-order valence-electron chi connectivity index (χ2n) is 12.9. The molecule has 0 fully saturated rings. The van der Waals surface area contributed by atoms with E-state index >= 15 is 0 Å². The molecule has 1 aliphatic heterocycles. The van der Waals surface area contributed by atoms with Crippen LogP contribution in [0.4, 0.5) is 0 Å². The molecule has 1 aromatic heterocycles. The molecule has 0 saturated heterocycles. The van der Waals surface area contributed by atoms with E-state index in [0.29, 0.717) is 5.82 Å². The van der Waals surface area contributed by atoms with Crippen LogP contribution in [0.5, 0.6) is 0 Å². The van der Waals surface area contributed by atoms with Gasteiger partial charge in [-0.05, 0) is 68.8 Å². The maximum Gasteiger partial charge on any atom is 0.160 e. The lowest BCUT2D eigenvalue weighted by Gasteiger charge is -2.39. The van der Waals surface area contributed by atoms with Crippen molar-refractivity contribution in [1.82, 2.24) is 9.97 Å². The second kappa shape index (κ2) is 11.5. The van der Waals surface area contributed by atoms with E-state index in [1.165, 1.54) is 54.3 Å². The van der Waals surface area contributed by atoms with Gasteiger partial charge >= 0.3 is 0 Å². The molecule has 0 saturated carbocycles. The molecule has 0 bridgehead atoms. The first-order chi connectivity index (χ1) is 24.8. The normalized spacial score (nSPS) is 13.3. The standard InChI is InChI=1S/C47H30N2S/c1-3-13-31(14-4-1)32-23-25-33(26-24-32)42-30-43(49-46(48-42)34-15-5-2-6-16-34)35-27-28-45-41(29-35)47(40-21-11-12-22-44(40)50-45)38-19-9-7-17-36(38)37-18-8-10-20-39(37)47/h1-30H. The predicted octanol–water partition coefficient (Wildman–Crippen LogP) is 12.0. The van der Waals surface area contributed by atoms with Crippen molar-refractivity contribution in [2.24, 2.45) is 0 Å². The van der Waals surface area contributed by atoms with Crippen LogP contribution >= 0.6 is 11.8 Å². The Labute approximate surface area is 296 Å². The van der Waals surface area contributed by atoms with E-state index in [1.807, 2.05) is 30.0 Å². The van der Waals surface area contributed by atoms with Crippen molar-refractivity contribution >= 4 is 11.8 Å². The van der Waals surface area contributed by atoms with Gasteiger partial charge in [-0.15, -0.1) is 0 Å². The molecule has 2 nitrogen and oxygen atoms in total. The van der Waals surface area contributed by atoms with Crippen LogP contribution in [0.1, 0.15) is 22.3 Å². The van der Waals surface area contributed by atoms with E-state index in [-0.39, 0.29) is 0 Å². The Bertz CT molecular complexity index is 2510. The molecule has 2 aliphatic rings. The molecule has 2 heterocycles. The smallest absolute Gasteiger partial charge is 0.160 e. The van der Waals surface area contributed by atoms with Crippen LogP contribution in [0.15, 0.2) is 192 Å². The first kappa shape index (κ1) is 28.9. The average molecular weight is 655 g/mol. The third kappa shape index (κ3) is 4.44. The number of aromatic nitrogens is 2. The Kier molecular flexibility index (Phi) is 6.68. The molecule has 7 aromatic carbocycles. The number of benzene rings is 7. The first-order valence-corrected chi connectivity index (χ1v) is 17.8. The summed E-state index contributed by atoms with van der Waals surface area (Å²) in [5.41, 5.74) is 14.8. The van der Waals surface area contributed by atoms with Crippen LogP contribution < -0.4 is 0 Å². The summed E-state index contributed by atoms with van der Waals surface area (Å²) in [5, 5.41) is 0. The zero-order chi connectivity index (χ0) is 33.1. The maximum absolute atomic E-state index is 5.24. The summed E-state index contributed by atoms with van der Waals surface area (Å²) in [6, 6.07) is 65.4. The molecule has 0 amide bonds. The van der Waals surface area contributed by atoms with Crippen LogP contribution in [0.2, 0.25) is 0 Å². The fraction of sp³-hybridized carbons (Fsp3) is 0.0213. The van der Waals surface area contributed by atoms with Gasteiger partial charge in [-0.2, -0.15) is 0 Å². The second-order valence-corrected chi connectivity index (χ2v) is 14.0. The lowest BCUT2D eigenvalue weighted by molar-refractivity contribution is 0.722. The van der Waals surface area contributed by atoms with Crippen LogP contribution in [0, 0.1) is 0 Å². The van der Waals surface area contributed by atoms with Crippen molar-refractivity contribution in [3.05, 3.63) is 204 Å². The summed E-state index contributed by atoms with van der Waals surface area (Å²) in [6.07, 6.45) is 0. The van der Waals surface area contributed by atoms with Gasteiger partial charge in [-0.3, -0.25) is 0 Å². The van der Waals surface area contributed by atoms with E-state index in [1.54, 1.807) is 0 Å². The number of hydrogen-bond donors (Lipinski definition) is 0. The van der Waals surface area contributed by atoms with Crippen LogP contribution in [-0.4, -0.2) is 9.97 Å². The summed E-state index contributed by atoms with van der Waals surface area (Å²) in [5.74, 6) is 0.717. The minimum absolute atomic E-state index is 0.439. The van der Waals surface area contributed by atoms with E-state index < -0.39 is 5.41 Å². The Morgan fingerprint density at radius 3 is 1.50 bits per heavy atom. The molecule has 1 spiro atoms. The van der Waals surface area contributed by atoms with Gasteiger partial charge < -0.3 is 0 Å². The van der Waals surface area contributed by atoms with Crippen molar-refractivity contribution in [2.45, 2.75) is 15.2 Å². The van der Waals surface area contributed by atoms with Gasteiger partial charge in [0, 0.05) is 26.5 Å². The Morgan fingerprint density at radius 1 is 0.340 bits per heavy atom. The molecule has 50 heavy (non-hydrogen) atoms. The minimum Gasteiger partial charge on any atom is -0.228 e. The van der Waals surface area contributed by atoms with Crippen LogP contribution in [0.25, 0.3) is 56.2 Å². The van der Waals surface area contributed by atoms with Crippen molar-refractivity contribution in [1.29, 1.82) is 0 Å². The zero-order valence-corrected chi connectivity index (χ0v) is 27.9. The summed E-state index contributed by atoms with van der Waals surface area (Å²) in [4.78, 5) is 12.9. The van der Waals surface area contributed by atoms with Gasteiger partial charge in [0.1, 0.15) is 0 Å². The maximum atomic E-state index is 5.24. The Balaban J connectivity index is 1.18. The molecular formula is C47H30N2S. The third-order valence-corrected chi connectivity index (χ3v) is 11.3. The van der Waals surface area contributed by atoms with Crippen molar-refractivity contribution < 1.29 is 0 Å². The largest absolute Gasteiger partial charge is 0.228 e. The molecule has 1 aliphatic carbocycles. The Hall–Kier alpha value is -6.03. The van der Waals surface area contributed by atoms with E-state index in [2.05, 4.69) is 164 Å². The van der Waals surface area contributed by atoms with E-state index in [4.69, 9.17) is 9.97 Å². The molecule has 3 heteroatoms. The molecule has 10 rings (SSSR count). The third-order valence-electron chi connectivity index (χ3n) is 10.2. The van der Waals surface area contributed by atoms with Crippen molar-refractivity contribution in [3.8, 4) is 56.2 Å². The lowest BCUT2D eigenvalue weighted by Crippen LogP contribution is -2.32. The number of rotatable bonds is 4. The van der Waals surface area contributed by atoms with E-state index in [9.17, 15) is 0 Å². The monoisotopic (exact) mass is 654 g/mol. The van der Waals surface area contributed by atoms with Gasteiger partial charge in [0.2, 0.25) is 0 Å². The van der Waals surface area contributed by atoms with Crippen LogP contribution in [0.3, 0.4) is 0 Å². The highest BCUT2D eigenvalue weighted by atomic mass is 32.2. The van der Waals surface area contributed by atoms with Crippen LogP contribution in [-0.2, 0) is 5.41 Å². The predicted molar refractivity (Wildman–Crippen MR) is 205 cm³/mol. The highest BCUT2D eigenvalue weighted by Crippen LogP contribution is 2.62. The summed E-state index contributed by atoms with van der Waals surface area (Å²) in [6.45, 7) is 0. The molecule has 0 atom stereocenters. The zero-order valence-electron chi connectivity index (χ0n) is 27.1. The lowest BCUT2D eigenvalue weighted by atomic mass is 9.67. The SMILES string of the molecule is c1ccc(-c2ccc(-c3cc(-c4ccc5c(c4)C4(c6ccccc6S5)c5ccccc5-c5ccccc54)nc(-c4ccccc4)n3)cc2)cc1. The molecule has 0 unspecified atom stereocenters. The van der Waals surface area contributed by atoms with Gasteiger partial charge in [-0.1, -0.05) is 169 Å². The first-order valence-electron chi connectivity index (χ1n) is 17.0. The summed E-state index contributed by atoms with van der Waals surface area (Å²) >= 11 is 1.86. The Morgan fingerprint density at radius 2 is 0.820 bits per heavy atom. The fourth-order valence-corrected chi connectivity index (χ4v) is 9.11. The van der Waals surface area contributed by atoms with Crippen molar-refractivity contribution in [2.75, 3.05) is 0 Å². The molecular weight excluding hydrogens is 625 g/mol. The summed E-state index contributed by atoms with van der Waals surface area (Å²) < 4.78 is 0. The van der Waals surface area contributed by atoms with Gasteiger partial charge in [-0.25, -0.2) is 9.97 Å². The van der Waals surface area contributed by atoms with Gasteiger partial charge in [0.05, 0.1) is 16.8 Å². The van der Waals surface area contributed by atoms with Crippen molar-refractivity contribution in [3.63, 3.8) is 0 Å². The summed E-state index contributed by atoms with van der Waals surface area (Å²) in [7, 11) is 0. The molecule has 0 radical (unpaired) electrons. The minimum atomic E-state index is -0.439. The average Bonchev–Trinajstić information content (AvgIpc) is 3.49. The highest BCUT2D eigenvalue weighted by molar-refractivity contribution is 7.99. The van der Waals surface area contributed by atoms with Gasteiger partial charge in [0.15, 0.2) is 5.82 Å². The highest BCUT2D eigenvalue weighted by Gasteiger charge is 2.50. The number of nitrogens with zero attached hydrogens (tertiary/aromatic N) is 2. The molecule has 0 N–H and O–H groups in total. The quantitative estimate of drug-likeness (QED) is 0.189. The van der Waals surface area contributed by atoms with E-state index in [0.717, 1.165) is 28.1 Å². The molecule has 234 valence electrons. The fourth-order valence-electron chi connectivity index (χ4n) is 7.94. The van der Waals surface area contributed by atoms with Gasteiger partial charge in [0.25, 0.3) is 0 Å². The number of fused-ring (bicyclic) bond motifs is 9. The number of hydrogen-bond acceptors (Lipinski definition) is 3. The topological polar surface area (TPSA) is 25.8 Å².